The third-order valence-electron chi connectivity index (χ3n) is 4.50. The Labute approximate surface area is 189 Å². The van der Waals surface area contributed by atoms with Crippen molar-refractivity contribution in [2.75, 3.05) is 13.2 Å². The van der Waals surface area contributed by atoms with Crippen molar-refractivity contribution in [2.24, 2.45) is 0 Å². The number of hydrogen-bond donors (Lipinski definition) is 1. The number of carbonyl (C=O) groups excluding carboxylic acids is 2. The molecule has 0 fully saturated rings. The number of hydrogen-bond acceptors (Lipinski definition) is 6. The van der Waals surface area contributed by atoms with Crippen molar-refractivity contribution in [3.8, 4) is 0 Å². The van der Waals surface area contributed by atoms with Crippen LogP contribution in [0.2, 0.25) is 5.02 Å². The van der Waals surface area contributed by atoms with Crippen LogP contribution in [0.4, 0.5) is 0 Å². The van der Waals surface area contributed by atoms with Crippen LogP contribution < -0.4 is 5.43 Å². The number of nitrogens with one attached hydrogen (secondary N) is 1. The van der Waals surface area contributed by atoms with E-state index in [-0.39, 0.29) is 11.4 Å². The van der Waals surface area contributed by atoms with Gasteiger partial charge in [-0.15, -0.1) is 0 Å². The van der Waals surface area contributed by atoms with Gasteiger partial charge in [0.05, 0.1) is 40.4 Å². The third-order valence-corrected chi connectivity index (χ3v) is 4.83. The molecule has 0 aliphatic rings. The Balaban J connectivity index is 0.000000181. The molecule has 1 N–H and O–H groups in total. The normalized spacial score (nSPS) is 10.3. The molecule has 0 bridgehead atoms. The molecular formula is C24H21ClN2O5. The summed E-state index contributed by atoms with van der Waals surface area (Å²) in [5, 5.41) is 1.83. The molecule has 0 unspecified atom stereocenters. The lowest BCUT2D eigenvalue weighted by Gasteiger charge is -2.05. The molecule has 2 heterocycles. The molecule has 2 aromatic heterocycles. The first kappa shape index (κ1) is 23.0. The largest absolute Gasteiger partial charge is 0.462 e. The summed E-state index contributed by atoms with van der Waals surface area (Å²) in [4.78, 5) is 41.9. The maximum Gasteiger partial charge on any atom is 0.340 e. The van der Waals surface area contributed by atoms with E-state index in [0.29, 0.717) is 45.8 Å². The fraction of sp³-hybridized carbons (Fsp3) is 0.167. The molecule has 4 aromatic rings. The van der Waals surface area contributed by atoms with E-state index in [4.69, 9.17) is 21.1 Å². The minimum absolute atomic E-state index is 0.111. The highest BCUT2D eigenvalue weighted by Crippen LogP contribution is 2.24. The molecule has 164 valence electrons. The van der Waals surface area contributed by atoms with Crippen LogP contribution in [0.1, 0.15) is 34.6 Å². The first-order valence-electron chi connectivity index (χ1n) is 9.95. The summed E-state index contributed by atoms with van der Waals surface area (Å²) in [6, 6.07) is 13.4. The number of carbonyl (C=O) groups is 2. The van der Waals surface area contributed by atoms with Crippen molar-refractivity contribution >= 4 is 45.3 Å². The average molecular weight is 453 g/mol. The Morgan fingerprint density at radius 1 is 0.906 bits per heavy atom. The summed E-state index contributed by atoms with van der Waals surface area (Å²) >= 11 is 6.02. The standard InChI is InChI=1S/C12H10ClNO2.C12H11NO3/c1-2-16-12(15)9-5-3-4-8-10(13)6-7-14-11(8)9;1-2-16-12(15)9-5-3-4-8-10(14)6-7-13-11(8)9/h3-7H,2H2,1H3;3-7H,2H2,1H3,(H,13,14). The maximum atomic E-state index is 11.7. The molecule has 4 rings (SSSR count). The lowest BCUT2D eigenvalue weighted by atomic mass is 10.1. The molecule has 8 heteroatoms. The Hall–Kier alpha value is -3.71. The van der Waals surface area contributed by atoms with Crippen LogP contribution in [0.3, 0.4) is 0 Å². The molecular weight excluding hydrogens is 432 g/mol. The topological polar surface area (TPSA) is 98.4 Å². The predicted molar refractivity (Wildman–Crippen MR) is 123 cm³/mol. The van der Waals surface area contributed by atoms with Crippen molar-refractivity contribution in [1.82, 2.24) is 9.97 Å². The lowest BCUT2D eigenvalue weighted by Crippen LogP contribution is -2.08. The third kappa shape index (κ3) is 4.95. The van der Waals surface area contributed by atoms with Crippen LogP contribution in [0, 0.1) is 0 Å². The predicted octanol–water partition coefficient (Wildman–Crippen LogP) is 4.77. The Kier molecular flexibility index (Phi) is 7.57. The van der Waals surface area contributed by atoms with Crippen molar-refractivity contribution in [2.45, 2.75) is 13.8 Å². The second-order valence-corrected chi connectivity index (χ2v) is 6.91. The summed E-state index contributed by atoms with van der Waals surface area (Å²) in [6.45, 7) is 4.16. The number of aromatic amines is 1. The number of halogens is 1. The van der Waals surface area contributed by atoms with Gasteiger partial charge < -0.3 is 14.5 Å². The number of nitrogens with zero attached hydrogens (tertiary/aromatic N) is 1. The van der Waals surface area contributed by atoms with Crippen LogP contribution in [0.5, 0.6) is 0 Å². The fourth-order valence-corrected chi connectivity index (χ4v) is 3.31. The van der Waals surface area contributed by atoms with Crippen LogP contribution in [0.25, 0.3) is 21.8 Å². The zero-order valence-electron chi connectivity index (χ0n) is 17.6. The smallest absolute Gasteiger partial charge is 0.340 e. The van der Waals surface area contributed by atoms with Gasteiger partial charge in [0.1, 0.15) is 0 Å². The van der Waals surface area contributed by atoms with E-state index < -0.39 is 5.97 Å². The molecule has 7 nitrogen and oxygen atoms in total. The number of pyridine rings is 2. The molecule has 0 saturated heterocycles. The number of rotatable bonds is 4. The number of ether oxygens (including phenoxy) is 2. The van der Waals surface area contributed by atoms with E-state index in [2.05, 4.69) is 9.97 Å². The van der Waals surface area contributed by atoms with Gasteiger partial charge in [-0.05, 0) is 38.1 Å². The van der Waals surface area contributed by atoms with Gasteiger partial charge in [-0.25, -0.2) is 9.59 Å². The van der Waals surface area contributed by atoms with Crippen LogP contribution >= 0.6 is 11.6 Å². The van der Waals surface area contributed by atoms with Gasteiger partial charge in [-0.1, -0.05) is 29.8 Å². The number of fused-ring (bicyclic) bond motifs is 2. The average Bonchev–Trinajstić information content (AvgIpc) is 2.80. The van der Waals surface area contributed by atoms with Crippen molar-refractivity contribution < 1.29 is 19.1 Å². The van der Waals surface area contributed by atoms with Gasteiger partial charge >= 0.3 is 11.9 Å². The van der Waals surface area contributed by atoms with E-state index >= 15 is 0 Å². The van der Waals surface area contributed by atoms with Gasteiger partial charge in [0.2, 0.25) is 0 Å². The monoisotopic (exact) mass is 452 g/mol. The number of benzene rings is 2. The van der Waals surface area contributed by atoms with Crippen molar-refractivity contribution in [3.05, 3.63) is 87.3 Å². The summed E-state index contributed by atoms with van der Waals surface area (Å²) in [5.74, 6) is -0.794. The first-order chi connectivity index (χ1) is 15.5. The zero-order chi connectivity index (χ0) is 23.1. The van der Waals surface area contributed by atoms with Crippen LogP contribution in [0.15, 0.2) is 65.7 Å². The van der Waals surface area contributed by atoms with E-state index in [9.17, 15) is 14.4 Å². The van der Waals surface area contributed by atoms with E-state index in [1.54, 1.807) is 56.4 Å². The summed E-state index contributed by atoms with van der Waals surface area (Å²) in [7, 11) is 0. The summed E-state index contributed by atoms with van der Waals surface area (Å²) in [6.07, 6.45) is 3.10. The molecule has 0 spiro atoms. The minimum atomic E-state index is -0.421. The molecule has 0 aliphatic heterocycles. The molecule has 0 atom stereocenters. The Morgan fingerprint density at radius 3 is 2.22 bits per heavy atom. The first-order valence-corrected chi connectivity index (χ1v) is 10.3. The van der Waals surface area contributed by atoms with Gasteiger partial charge in [-0.3, -0.25) is 9.78 Å². The number of H-pyrrole nitrogens is 1. The molecule has 0 saturated carbocycles. The Morgan fingerprint density at radius 2 is 1.53 bits per heavy atom. The van der Waals surface area contributed by atoms with Gasteiger partial charge in [0, 0.05) is 29.2 Å². The van der Waals surface area contributed by atoms with E-state index in [1.165, 1.54) is 12.3 Å². The highest BCUT2D eigenvalue weighted by molar-refractivity contribution is 6.35. The molecule has 2 aromatic carbocycles. The summed E-state index contributed by atoms with van der Waals surface area (Å²) < 4.78 is 9.87. The number of aromatic nitrogens is 2. The van der Waals surface area contributed by atoms with Crippen LogP contribution in [-0.2, 0) is 9.47 Å². The highest BCUT2D eigenvalue weighted by atomic mass is 35.5. The zero-order valence-corrected chi connectivity index (χ0v) is 18.3. The van der Waals surface area contributed by atoms with Crippen molar-refractivity contribution in [3.63, 3.8) is 0 Å². The summed E-state index contributed by atoms with van der Waals surface area (Å²) in [5.41, 5.74) is 1.82. The van der Waals surface area contributed by atoms with E-state index in [0.717, 1.165) is 5.39 Å². The van der Waals surface area contributed by atoms with Crippen LogP contribution in [-0.4, -0.2) is 35.1 Å². The quantitative estimate of drug-likeness (QED) is 0.448. The fourth-order valence-electron chi connectivity index (χ4n) is 3.10. The highest BCUT2D eigenvalue weighted by Gasteiger charge is 2.13. The lowest BCUT2D eigenvalue weighted by molar-refractivity contribution is 0.0518. The van der Waals surface area contributed by atoms with E-state index in [1.807, 2.05) is 6.07 Å². The minimum Gasteiger partial charge on any atom is -0.462 e. The SMILES string of the molecule is CCOC(=O)c1cccc2c(=O)cc[nH]c12.CCOC(=O)c1cccc2c(Cl)ccnc12. The second-order valence-electron chi connectivity index (χ2n) is 6.51. The second kappa shape index (κ2) is 10.5. The van der Waals surface area contributed by atoms with Crippen molar-refractivity contribution in [1.29, 1.82) is 0 Å². The number of esters is 2. The molecule has 0 amide bonds. The number of para-hydroxylation sites is 2. The Bertz CT molecular complexity index is 1330. The van der Waals surface area contributed by atoms with Gasteiger partial charge in [-0.2, -0.15) is 0 Å². The molecule has 0 aliphatic carbocycles. The molecule has 0 radical (unpaired) electrons. The molecule has 32 heavy (non-hydrogen) atoms. The van der Waals surface area contributed by atoms with Gasteiger partial charge in [0.15, 0.2) is 5.43 Å². The van der Waals surface area contributed by atoms with Gasteiger partial charge in [0.25, 0.3) is 0 Å². The maximum absolute atomic E-state index is 11.7.